The Labute approximate surface area is 198 Å². The topological polar surface area (TPSA) is 248 Å². The first-order valence-electron chi connectivity index (χ1n) is 8.94. The second-order valence-electron chi connectivity index (χ2n) is 6.73. The van der Waals surface area contributed by atoms with E-state index in [4.69, 9.17) is 40.7 Å². The summed E-state index contributed by atoms with van der Waals surface area (Å²) in [6.07, 6.45) is 2.21. The Balaban J connectivity index is 1.73. The molecule has 0 saturated carbocycles. The summed E-state index contributed by atoms with van der Waals surface area (Å²) in [6, 6.07) is 0. The highest BCUT2D eigenvalue weighted by atomic mass is 32.8. The fourth-order valence-corrected chi connectivity index (χ4v) is 6.49. The average Bonchev–Trinajstić information content (AvgIpc) is 3.26. The maximum Gasteiger partial charge on any atom is 0.490 e. The first kappa shape index (κ1) is 27.8. The molecular weight excluding hydrogens is 563 g/mol. The number of nitrogens with two attached hydrogens (primary N) is 1. The summed E-state index contributed by atoms with van der Waals surface area (Å²) in [5.74, 6) is 0.321. The minimum absolute atomic E-state index is 0.153. The van der Waals surface area contributed by atoms with E-state index in [-0.39, 0.29) is 18.2 Å². The molecule has 0 spiro atoms. The van der Waals surface area contributed by atoms with Gasteiger partial charge in [0.2, 0.25) is 0 Å². The lowest BCUT2D eigenvalue weighted by Crippen LogP contribution is -2.29. The molecule has 1 fully saturated rings. The number of ether oxygens (including phenoxy) is 2. The first-order valence-corrected chi connectivity index (χ1v) is 16.2. The van der Waals surface area contributed by atoms with Crippen LogP contribution in [0.15, 0.2) is 12.7 Å². The number of phosphoric ester groups is 1. The van der Waals surface area contributed by atoms with Crippen molar-refractivity contribution in [2.24, 2.45) is 0 Å². The van der Waals surface area contributed by atoms with Crippen LogP contribution in [-0.2, 0) is 57.0 Å². The molecule has 22 heteroatoms. The van der Waals surface area contributed by atoms with E-state index in [0.717, 1.165) is 0 Å². The van der Waals surface area contributed by atoms with Gasteiger partial charge < -0.3 is 34.8 Å². The van der Waals surface area contributed by atoms with Crippen molar-refractivity contribution in [3.05, 3.63) is 12.7 Å². The summed E-state index contributed by atoms with van der Waals surface area (Å²) in [4.78, 5) is 48.3. The molecule has 1 aliphatic rings. The summed E-state index contributed by atoms with van der Waals surface area (Å²) < 4.78 is 59.5. The Hall–Kier alpha value is -0.750. The van der Waals surface area contributed by atoms with Crippen molar-refractivity contribution in [3.63, 3.8) is 0 Å². The molecule has 3 unspecified atom stereocenters. The largest absolute Gasteiger partial charge is 0.490 e. The van der Waals surface area contributed by atoms with Crippen LogP contribution >= 0.6 is 23.5 Å². The maximum atomic E-state index is 12.1. The molecule has 1 aliphatic heterocycles. The number of imidazole rings is 1. The van der Waals surface area contributed by atoms with E-state index in [0.29, 0.717) is 11.2 Å². The number of anilines is 1. The van der Waals surface area contributed by atoms with Crippen LogP contribution in [0.5, 0.6) is 0 Å². The predicted octanol–water partition coefficient (Wildman–Crippen LogP) is 0.0920. The number of fused-ring (bicyclic) bond motifs is 1. The van der Waals surface area contributed by atoms with Gasteiger partial charge in [-0.3, -0.25) is 9.09 Å². The van der Waals surface area contributed by atoms with Crippen molar-refractivity contribution in [2.75, 3.05) is 24.5 Å². The molecule has 6 atom stereocenters. The zero-order valence-electron chi connectivity index (χ0n) is 17.1. The van der Waals surface area contributed by atoms with Crippen LogP contribution in [0.25, 0.3) is 11.2 Å². The van der Waals surface area contributed by atoms with Gasteiger partial charge in [-0.2, -0.15) is 8.62 Å². The fraction of sp³-hybridized carbons (Fsp3) is 0.583. The Kier molecular flexibility index (Phi) is 8.76. The number of phosphoric acid groups is 3. The summed E-state index contributed by atoms with van der Waals surface area (Å²) in [5.41, 5.74) is 6.49. The van der Waals surface area contributed by atoms with Crippen LogP contribution in [0, 0.1) is 0 Å². The molecule has 0 amide bonds. The van der Waals surface area contributed by atoms with E-state index >= 15 is 0 Å². The number of hydrogen-bond donors (Lipinski definition) is 5. The molecule has 192 valence electrons. The summed E-state index contributed by atoms with van der Waals surface area (Å²) in [5, 5.41) is 0. The third-order valence-electron chi connectivity index (χ3n) is 4.14. The Morgan fingerprint density at radius 1 is 1.21 bits per heavy atom. The lowest BCUT2D eigenvalue weighted by Gasteiger charge is -2.21. The van der Waals surface area contributed by atoms with Gasteiger partial charge >= 0.3 is 23.5 Å². The molecule has 17 nitrogen and oxygen atoms in total. The van der Waals surface area contributed by atoms with Crippen LogP contribution in [0.1, 0.15) is 12.6 Å². The molecule has 3 rings (SSSR count). The molecule has 34 heavy (non-hydrogen) atoms. The van der Waals surface area contributed by atoms with Gasteiger partial charge in [-0.1, -0.05) is 9.45 Å². The third-order valence-corrected chi connectivity index (χ3v) is 8.70. The van der Waals surface area contributed by atoms with Gasteiger partial charge in [0.25, 0.3) is 0 Å². The van der Waals surface area contributed by atoms with E-state index in [1.807, 2.05) is 0 Å². The van der Waals surface area contributed by atoms with Crippen molar-refractivity contribution >= 4 is 61.1 Å². The quantitative estimate of drug-likeness (QED) is 0.220. The fourth-order valence-electron chi connectivity index (χ4n) is 2.93. The zero-order valence-corrected chi connectivity index (χ0v) is 21.4. The van der Waals surface area contributed by atoms with Gasteiger partial charge in [0.15, 0.2) is 11.5 Å². The van der Waals surface area contributed by atoms with Gasteiger partial charge in [-0.25, -0.2) is 28.6 Å². The highest BCUT2D eigenvalue weighted by Gasteiger charge is 2.43. The minimum Gasteiger partial charge on any atom is -0.382 e. The molecule has 2 aromatic heterocycles. The van der Waals surface area contributed by atoms with Gasteiger partial charge in [-0.05, 0) is 17.4 Å². The summed E-state index contributed by atoms with van der Waals surface area (Å²) >= 11 is 5.11. The van der Waals surface area contributed by atoms with Crippen molar-refractivity contribution in [1.29, 1.82) is 0 Å². The molecule has 6 N–H and O–H groups in total. The SMILES string of the molecule is CS(=S)CO[C@@H]1C[C@H](n2cnc3c(N)ncnc32)O[C@@H]1COP(=O)(O)OP(=O)(O)OP(=O)(O)O. The first-order chi connectivity index (χ1) is 15.7. The Bertz CT molecular complexity index is 1210. The Morgan fingerprint density at radius 2 is 1.91 bits per heavy atom. The van der Waals surface area contributed by atoms with Crippen molar-refractivity contribution < 1.29 is 55.9 Å². The molecule has 1 saturated heterocycles. The molecule has 0 bridgehead atoms. The van der Waals surface area contributed by atoms with Crippen LogP contribution in [0.2, 0.25) is 0 Å². The van der Waals surface area contributed by atoms with Crippen molar-refractivity contribution in [1.82, 2.24) is 19.5 Å². The molecule has 0 aromatic carbocycles. The van der Waals surface area contributed by atoms with E-state index < -0.39 is 58.0 Å². The van der Waals surface area contributed by atoms with Gasteiger partial charge in [-0.15, -0.1) is 0 Å². The number of nitrogens with zero attached hydrogens (tertiary/aromatic N) is 4. The van der Waals surface area contributed by atoms with Gasteiger partial charge in [0, 0.05) is 6.42 Å². The second-order valence-corrected chi connectivity index (χ2v) is 14.2. The summed E-state index contributed by atoms with van der Waals surface area (Å²) in [7, 11) is -17.0. The lowest BCUT2D eigenvalue weighted by molar-refractivity contribution is -0.0523. The van der Waals surface area contributed by atoms with Crippen molar-refractivity contribution in [2.45, 2.75) is 24.9 Å². The van der Waals surface area contributed by atoms with Crippen LogP contribution in [-0.4, -0.2) is 70.1 Å². The van der Waals surface area contributed by atoms with Crippen molar-refractivity contribution in [3.8, 4) is 0 Å². The molecule has 3 heterocycles. The van der Waals surface area contributed by atoms with Crippen LogP contribution < -0.4 is 5.73 Å². The number of aromatic nitrogens is 4. The highest BCUT2D eigenvalue weighted by molar-refractivity contribution is 8.28. The normalized spacial score (nSPS) is 25.7. The third kappa shape index (κ3) is 7.62. The molecule has 2 aromatic rings. The molecule has 0 aliphatic carbocycles. The Morgan fingerprint density at radius 3 is 2.56 bits per heavy atom. The number of hydrogen-bond acceptors (Lipinski definition) is 13. The lowest BCUT2D eigenvalue weighted by atomic mass is 10.2. The number of rotatable bonds is 11. The van der Waals surface area contributed by atoms with E-state index in [1.54, 1.807) is 10.8 Å². The van der Waals surface area contributed by atoms with Gasteiger partial charge in [0.1, 0.15) is 24.2 Å². The second kappa shape index (κ2) is 10.7. The van der Waals surface area contributed by atoms with Crippen LogP contribution in [0.4, 0.5) is 5.82 Å². The summed E-state index contributed by atoms with van der Waals surface area (Å²) in [6.45, 7) is -0.677. The maximum absolute atomic E-state index is 12.1. The minimum atomic E-state index is -5.65. The predicted molar refractivity (Wildman–Crippen MR) is 118 cm³/mol. The average molecular weight is 583 g/mol. The van der Waals surface area contributed by atoms with E-state index in [9.17, 15) is 23.5 Å². The molecular formula is C12H20N5O12P3S2. The highest BCUT2D eigenvalue weighted by Crippen LogP contribution is 2.66. The zero-order chi connectivity index (χ0) is 25.3. The standard InChI is InChI=1S/C12H20N5O12P3S2/c1-34(33)6-25-7-2-9(17-5-16-10-11(13)14-4-15-12(10)17)27-8(7)3-26-31(21,22)29-32(23,24)28-30(18,19)20/h4-5,7-9H,2-3,6H2,1H3,(H,21,22)(H,23,24)(H2,13,14,15)(H2,18,19,20)/t7-,8-,9-,34?/m1/s1. The number of nitrogen functional groups attached to an aromatic ring is 1. The van der Waals surface area contributed by atoms with Crippen LogP contribution in [0.3, 0.4) is 0 Å². The smallest absolute Gasteiger partial charge is 0.382 e. The van der Waals surface area contributed by atoms with E-state index in [2.05, 4.69) is 23.6 Å². The van der Waals surface area contributed by atoms with Gasteiger partial charge in [0.05, 0.1) is 25.0 Å². The van der Waals surface area contributed by atoms with E-state index in [1.165, 1.54) is 12.7 Å². The molecule has 0 radical (unpaired) electrons. The monoisotopic (exact) mass is 583 g/mol.